The van der Waals surface area contributed by atoms with Crippen molar-refractivity contribution in [3.05, 3.63) is 17.5 Å². The SMILES string of the molecule is CCOC(=O)c1cnn(C)c1CN1CCNC(=O)C1. The van der Waals surface area contributed by atoms with Gasteiger partial charge in [0.15, 0.2) is 0 Å². The molecule has 19 heavy (non-hydrogen) atoms. The van der Waals surface area contributed by atoms with Gasteiger partial charge in [-0.2, -0.15) is 5.10 Å². The number of nitrogens with one attached hydrogen (secondary N) is 1. The van der Waals surface area contributed by atoms with E-state index in [1.807, 2.05) is 4.90 Å². The first-order valence-electron chi connectivity index (χ1n) is 6.29. The maximum atomic E-state index is 11.8. The number of esters is 1. The Balaban J connectivity index is 2.12. The van der Waals surface area contributed by atoms with Crippen molar-refractivity contribution in [2.75, 3.05) is 26.2 Å². The van der Waals surface area contributed by atoms with Gasteiger partial charge in [0.25, 0.3) is 0 Å². The van der Waals surface area contributed by atoms with Gasteiger partial charge in [0.05, 0.1) is 25.0 Å². The van der Waals surface area contributed by atoms with Crippen molar-refractivity contribution in [2.45, 2.75) is 13.5 Å². The number of piperazine rings is 1. The fourth-order valence-corrected chi connectivity index (χ4v) is 2.07. The number of nitrogens with zero attached hydrogens (tertiary/aromatic N) is 3. The van der Waals surface area contributed by atoms with E-state index in [0.29, 0.717) is 31.8 Å². The highest BCUT2D eigenvalue weighted by Gasteiger charge is 2.22. The second-order valence-electron chi connectivity index (χ2n) is 4.41. The molecule has 7 nitrogen and oxygen atoms in total. The standard InChI is InChI=1S/C12H18N4O3/c1-3-19-12(18)9-6-14-15(2)10(9)7-16-5-4-13-11(17)8-16/h6H,3-5,7-8H2,1-2H3,(H,13,17). The minimum absolute atomic E-state index is 0.00565. The molecule has 1 N–H and O–H groups in total. The Morgan fingerprint density at radius 2 is 2.37 bits per heavy atom. The molecule has 0 bridgehead atoms. The molecule has 1 fully saturated rings. The Morgan fingerprint density at radius 1 is 1.58 bits per heavy atom. The van der Waals surface area contributed by atoms with Crippen molar-refractivity contribution < 1.29 is 14.3 Å². The summed E-state index contributed by atoms with van der Waals surface area (Å²) < 4.78 is 6.65. The van der Waals surface area contributed by atoms with E-state index in [2.05, 4.69) is 10.4 Å². The largest absolute Gasteiger partial charge is 0.462 e. The number of hydrogen-bond donors (Lipinski definition) is 1. The molecule has 0 radical (unpaired) electrons. The number of rotatable bonds is 4. The summed E-state index contributed by atoms with van der Waals surface area (Å²) in [6, 6.07) is 0. The van der Waals surface area contributed by atoms with Crippen LogP contribution in [-0.2, 0) is 23.1 Å². The second-order valence-corrected chi connectivity index (χ2v) is 4.41. The molecule has 1 saturated heterocycles. The zero-order valence-electron chi connectivity index (χ0n) is 11.2. The Labute approximate surface area is 111 Å². The molecule has 1 aliphatic heterocycles. The van der Waals surface area contributed by atoms with Gasteiger partial charge in [0.1, 0.15) is 5.56 Å². The van der Waals surface area contributed by atoms with E-state index in [0.717, 1.165) is 12.2 Å². The molecule has 1 aromatic heterocycles. The third kappa shape index (κ3) is 3.11. The third-order valence-electron chi connectivity index (χ3n) is 3.05. The monoisotopic (exact) mass is 266 g/mol. The summed E-state index contributed by atoms with van der Waals surface area (Å²) in [5, 5.41) is 6.86. The van der Waals surface area contributed by atoms with Crippen LogP contribution in [0.2, 0.25) is 0 Å². The molecule has 0 unspecified atom stereocenters. The van der Waals surface area contributed by atoms with Crippen molar-refractivity contribution in [1.82, 2.24) is 20.0 Å². The van der Waals surface area contributed by atoms with Gasteiger partial charge in [-0.05, 0) is 6.92 Å². The molecule has 0 saturated carbocycles. The van der Waals surface area contributed by atoms with Gasteiger partial charge in [0, 0.05) is 26.7 Å². The molecule has 2 rings (SSSR count). The van der Waals surface area contributed by atoms with E-state index < -0.39 is 0 Å². The van der Waals surface area contributed by atoms with Crippen LogP contribution in [0.3, 0.4) is 0 Å². The zero-order valence-corrected chi connectivity index (χ0v) is 11.2. The lowest BCUT2D eigenvalue weighted by Crippen LogP contribution is -2.47. The first kappa shape index (κ1) is 13.5. The van der Waals surface area contributed by atoms with E-state index in [-0.39, 0.29) is 11.9 Å². The van der Waals surface area contributed by atoms with Crippen LogP contribution in [-0.4, -0.2) is 52.8 Å². The smallest absolute Gasteiger partial charge is 0.341 e. The summed E-state index contributed by atoms with van der Waals surface area (Å²) in [6.45, 7) is 4.35. The van der Waals surface area contributed by atoms with Gasteiger partial charge >= 0.3 is 5.97 Å². The van der Waals surface area contributed by atoms with Crippen molar-refractivity contribution in [1.29, 1.82) is 0 Å². The molecule has 0 spiro atoms. The highest BCUT2D eigenvalue weighted by molar-refractivity contribution is 5.90. The lowest BCUT2D eigenvalue weighted by atomic mass is 10.2. The number of aromatic nitrogens is 2. The first-order chi connectivity index (χ1) is 9.11. The Hall–Kier alpha value is -1.89. The predicted molar refractivity (Wildman–Crippen MR) is 67.5 cm³/mol. The van der Waals surface area contributed by atoms with Crippen LogP contribution in [0.5, 0.6) is 0 Å². The summed E-state index contributed by atoms with van der Waals surface area (Å²) >= 11 is 0. The minimum Gasteiger partial charge on any atom is -0.462 e. The number of amides is 1. The van der Waals surface area contributed by atoms with Gasteiger partial charge in [-0.1, -0.05) is 0 Å². The van der Waals surface area contributed by atoms with Crippen molar-refractivity contribution in [2.24, 2.45) is 7.05 Å². The Kier molecular flexibility index (Phi) is 4.16. The number of ether oxygens (including phenoxy) is 1. The number of carbonyl (C=O) groups is 2. The quantitative estimate of drug-likeness (QED) is 0.746. The van der Waals surface area contributed by atoms with Gasteiger partial charge in [0.2, 0.25) is 5.91 Å². The van der Waals surface area contributed by atoms with Gasteiger partial charge in [-0.15, -0.1) is 0 Å². The normalized spacial score (nSPS) is 16.2. The lowest BCUT2D eigenvalue weighted by molar-refractivity contribution is -0.124. The van der Waals surface area contributed by atoms with E-state index in [1.54, 1.807) is 18.7 Å². The van der Waals surface area contributed by atoms with E-state index in [9.17, 15) is 9.59 Å². The molecule has 1 aromatic rings. The van der Waals surface area contributed by atoms with Crippen molar-refractivity contribution in [3.63, 3.8) is 0 Å². The fraction of sp³-hybridized carbons (Fsp3) is 0.583. The van der Waals surface area contributed by atoms with Crippen LogP contribution < -0.4 is 5.32 Å². The Bertz CT molecular complexity index is 483. The maximum absolute atomic E-state index is 11.8. The lowest BCUT2D eigenvalue weighted by Gasteiger charge is -2.26. The predicted octanol–water partition coefficient (Wildman–Crippen LogP) is -0.471. The molecule has 7 heteroatoms. The molecule has 1 aliphatic rings. The molecule has 0 aromatic carbocycles. The van der Waals surface area contributed by atoms with Crippen LogP contribution in [0.15, 0.2) is 6.20 Å². The summed E-state index contributed by atoms with van der Waals surface area (Å²) in [5.74, 6) is -0.363. The first-order valence-corrected chi connectivity index (χ1v) is 6.29. The van der Waals surface area contributed by atoms with Crippen LogP contribution in [0, 0.1) is 0 Å². The van der Waals surface area contributed by atoms with E-state index in [4.69, 9.17) is 4.74 Å². The van der Waals surface area contributed by atoms with E-state index in [1.165, 1.54) is 6.20 Å². The molecule has 104 valence electrons. The average molecular weight is 266 g/mol. The van der Waals surface area contributed by atoms with Gasteiger partial charge < -0.3 is 10.1 Å². The summed E-state index contributed by atoms with van der Waals surface area (Å²) in [4.78, 5) is 25.1. The third-order valence-corrected chi connectivity index (χ3v) is 3.05. The average Bonchev–Trinajstić information content (AvgIpc) is 2.72. The molecule has 0 aliphatic carbocycles. The summed E-state index contributed by atoms with van der Waals surface area (Å²) in [6.07, 6.45) is 1.51. The zero-order chi connectivity index (χ0) is 13.8. The highest BCUT2D eigenvalue weighted by atomic mass is 16.5. The summed E-state index contributed by atoms with van der Waals surface area (Å²) in [7, 11) is 1.78. The topological polar surface area (TPSA) is 76.5 Å². The summed E-state index contributed by atoms with van der Waals surface area (Å²) in [5.41, 5.74) is 1.24. The highest BCUT2D eigenvalue weighted by Crippen LogP contribution is 2.13. The molecular formula is C12H18N4O3. The number of hydrogen-bond acceptors (Lipinski definition) is 5. The van der Waals surface area contributed by atoms with Crippen LogP contribution in [0.25, 0.3) is 0 Å². The fourth-order valence-electron chi connectivity index (χ4n) is 2.07. The van der Waals surface area contributed by atoms with Gasteiger partial charge in [-0.3, -0.25) is 14.4 Å². The molecule has 1 amide bonds. The van der Waals surface area contributed by atoms with E-state index >= 15 is 0 Å². The van der Waals surface area contributed by atoms with Crippen LogP contribution in [0.4, 0.5) is 0 Å². The number of carbonyl (C=O) groups excluding carboxylic acids is 2. The second kappa shape index (κ2) is 5.83. The molecular weight excluding hydrogens is 248 g/mol. The number of aryl methyl sites for hydroxylation is 1. The molecule has 0 atom stereocenters. The van der Waals surface area contributed by atoms with Crippen LogP contribution in [0.1, 0.15) is 23.0 Å². The van der Waals surface area contributed by atoms with Gasteiger partial charge in [-0.25, -0.2) is 4.79 Å². The van der Waals surface area contributed by atoms with Crippen molar-refractivity contribution in [3.8, 4) is 0 Å². The van der Waals surface area contributed by atoms with Crippen LogP contribution >= 0.6 is 0 Å². The maximum Gasteiger partial charge on any atom is 0.341 e. The van der Waals surface area contributed by atoms with Crippen molar-refractivity contribution >= 4 is 11.9 Å². The molecule has 2 heterocycles. The minimum atomic E-state index is -0.368. The Morgan fingerprint density at radius 3 is 3.05 bits per heavy atom.